The van der Waals surface area contributed by atoms with Crippen LogP contribution in [0.3, 0.4) is 0 Å². The predicted octanol–water partition coefficient (Wildman–Crippen LogP) is 1.78. The normalized spacial score (nSPS) is 39.9. The number of carbonyl (C=O) groups is 2. The first-order valence-electron chi connectivity index (χ1n) is 8.04. The minimum absolute atomic E-state index is 0.153. The monoisotopic (exact) mass is 308 g/mol. The van der Waals surface area contributed by atoms with E-state index in [2.05, 4.69) is 17.3 Å². The summed E-state index contributed by atoms with van der Waals surface area (Å²) < 4.78 is 0. The van der Waals surface area contributed by atoms with Gasteiger partial charge in [-0.25, -0.2) is 0 Å². The largest absolute Gasteiger partial charge is 0.508 e. The van der Waals surface area contributed by atoms with Gasteiger partial charge in [0.25, 0.3) is 11.8 Å². The highest BCUT2D eigenvalue weighted by Crippen LogP contribution is 2.65. The van der Waals surface area contributed by atoms with Crippen molar-refractivity contribution >= 4 is 18.0 Å². The zero-order valence-corrected chi connectivity index (χ0v) is 12.4. The molecule has 23 heavy (non-hydrogen) atoms. The molecule has 116 valence electrons. The van der Waals surface area contributed by atoms with Crippen LogP contribution in [0.5, 0.6) is 5.75 Å². The molecular weight excluding hydrogens is 292 g/mol. The molecule has 0 spiro atoms. The van der Waals surface area contributed by atoms with E-state index in [9.17, 15) is 14.7 Å². The third-order valence-electron chi connectivity index (χ3n) is 5.85. The molecule has 4 aliphatic carbocycles. The first kappa shape index (κ1) is 13.0. The highest BCUT2D eigenvalue weighted by atomic mass is 16.3. The van der Waals surface area contributed by atoms with Crippen LogP contribution >= 0.6 is 0 Å². The maximum atomic E-state index is 12.7. The Morgan fingerprint density at radius 1 is 1.00 bits per heavy atom. The van der Waals surface area contributed by atoms with Crippen molar-refractivity contribution in [3.05, 3.63) is 42.0 Å². The van der Waals surface area contributed by atoms with Crippen molar-refractivity contribution in [3.63, 3.8) is 0 Å². The van der Waals surface area contributed by atoms with Crippen LogP contribution < -0.4 is 0 Å². The molecule has 0 radical (unpaired) electrons. The molecule has 2 bridgehead atoms. The summed E-state index contributed by atoms with van der Waals surface area (Å²) in [5.74, 6) is 1.09. The van der Waals surface area contributed by atoms with Crippen LogP contribution in [0.1, 0.15) is 12.0 Å². The van der Waals surface area contributed by atoms with Crippen LogP contribution in [0.25, 0.3) is 0 Å². The molecule has 1 N–H and O–H groups in total. The molecular formula is C18H16N2O3. The van der Waals surface area contributed by atoms with Gasteiger partial charge in [-0.2, -0.15) is 10.1 Å². The van der Waals surface area contributed by atoms with Gasteiger partial charge in [0.1, 0.15) is 5.75 Å². The van der Waals surface area contributed by atoms with Gasteiger partial charge in [0.15, 0.2) is 0 Å². The van der Waals surface area contributed by atoms with Crippen molar-refractivity contribution in [3.8, 4) is 5.75 Å². The number of phenols is 1. The maximum absolute atomic E-state index is 12.7. The number of hydrogen-bond donors (Lipinski definition) is 1. The minimum atomic E-state index is -0.210. The van der Waals surface area contributed by atoms with Crippen molar-refractivity contribution in [2.45, 2.75) is 6.42 Å². The van der Waals surface area contributed by atoms with E-state index >= 15 is 0 Å². The number of allylic oxidation sites excluding steroid dienone is 2. The molecule has 6 rings (SSSR count). The van der Waals surface area contributed by atoms with Gasteiger partial charge in [-0.15, -0.1) is 0 Å². The second-order valence-corrected chi connectivity index (χ2v) is 6.98. The van der Waals surface area contributed by atoms with E-state index in [1.807, 2.05) is 0 Å². The third kappa shape index (κ3) is 1.70. The highest BCUT2D eigenvalue weighted by Gasteiger charge is 2.67. The van der Waals surface area contributed by atoms with Crippen molar-refractivity contribution < 1.29 is 14.7 Å². The van der Waals surface area contributed by atoms with Crippen molar-refractivity contribution in [2.24, 2.45) is 40.6 Å². The van der Waals surface area contributed by atoms with Crippen LogP contribution in [-0.2, 0) is 9.59 Å². The minimum Gasteiger partial charge on any atom is -0.508 e. The Labute approximate surface area is 133 Å². The molecule has 2 saturated carbocycles. The summed E-state index contributed by atoms with van der Waals surface area (Å²) in [5, 5.41) is 14.5. The van der Waals surface area contributed by atoms with Gasteiger partial charge in [-0.3, -0.25) is 9.59 Å². The standard InChI is InChI=1S/C18H16N2O3/c21-10-3-1-9(2-4-10)8-19-20-17(22)15-11-5-6-12(14-7-13(11)14)16(15)18(20)23/h1-6,8,11-16,21H,7H2/b19-8-/t11-,12-,13-,14-,15-,16+/m0/s1. The number of phenolic OH excluding ortho intramolecular Hbond substituents is 1. The molecule has 0 aromatic heterocycles. The van der Waals surface area contributed by atoms with Crippen LogP contribution in [0.2, 0.25) is 0 Å². The number of hydrogen-bond acceptors (Lipinski definition) is 4. The first-order chi connectivity index (χ1) is 11.1. The zero-order chi connectivity index (χ0) is 15.7. The average Bonchev–Trinajstić information content (AvgIpc) is 3.33. The molecule has 1 aromatic carbocycles. The number of rotatable bonds is 2. The van der Waals surface area contributed by atoms with Gasteiger partial charge in [-0.05, 0) is 59.9 Å². The molecule has 0 unspecified atom stereocenters. The SMILES string of the molecule is O=C1[C@@H]2[C@H]3C=C[C@@H]([C@@H]4C[C@@H]34)[C@@H]2C(=O)N1/N=C\c1ccc(O)cc1. The van der Waals surface area contributed by atoms with Gasteiger partial charge < -0.3 is 5.11 Å². The molecule has 1 saturated heterocycles. The van der Waals surface area contributed by atoms with E-state index in [0.29, 0.717) is 11.8 Å². The Balaban J connectivity index is 1.44. The van der Waals surface area contributed by atoms with Gasteiger partial charge in [-0.1, -0.05) is 12.2 Å². The number of carbonyl (C=O) groups excluding carboxylic acids is 2. The fourth-order valence-corrected chi connectivity index (χ4v) is 4.74. The molecule has 6 atom stereocenters. The van der Waals surface area contributed by atoms with Gasteiger partial charge in [0, 0.05) is 0 Å². The van der Waals surface area contributed by atoms with E-state index in [4.69, 9.17) is 0 Å². The molecule has 3 fully saturated rings. The smallest absolute Gasteiger partial charge is 0.254 e. The van der Waals surface area contributed by atoms with E-state index in [1.54, 1.807) is 24.3 Å². The predicted molar refractivity (Wildman–Crippen MR) is 82.3 cm³/mol. The Morgan fingerprint density at radius 2 is 1.57 bits per heavy atom. The molecule has 1 heterocycles. The zero-order valence-electron chi connectivity index (χ0n) is 12.4. The van der Waals surface area contributed by atoms with Crippen molar-refractivity contribution in [1.29, 1.82) is 0 Å². The second-order valence-electron chi connectivity index (χ2n) is 6.98. The summed E-state index contributed by atoms with van der Waals surface area (Å²) in [7, 11) is 0. The lowest BCUT2D eigenvalue weighted by Crippen LogP contribution is -2.40. The second kappa shape index (κ2) is 4.31. The number of amides is 2. The van der Waals surface area contributed by atoms with E-state index in [1.165, 1.54) is 6.21 Å². The Bertz CT molecular complexity index is 731. The summed E-state index contributed by atoms with van der Waals surface area (Å²) in [4.78, 5) is 25.4. The summed E-state index contributed by atoms with van der Waals surface area (Å²) in [6.45, 7) is 0. The lowest BCUT2D eigenvalue weighted by molar-refractivity contribution is -0.140. The number of nitrogens with zero attached hydrogens (tertiary/aromatic N) is 2. The first-order valence-corrected chi connectivity index (χ1v) is 8.04. The maximum Gasteiger partial charge on any atom is 0.254 e. The molecule has 5 aliphatic rings. The summed E-state index contributed by atoms with van der Waals surface area (Å²) in [6, 6.07) is 6.48. The quantitative estimate of drug-likeness (QED) is 0.514. The van der Waals surface area contributed by atoms with Crippen LogP contribution in [0, 0.1) is 35.5 Å². The number of hydrazone groups is 1. The lowest BCUT2D eigenvalue weighted by atomic mass is 9.63. The highest BCUT2D eigenvalue weighted by molar-refractivity contribution is 6.06. The molecule has 5 nitrogen and oxygen atoms in total. The molecule has 1 aliphatic heterocycles. The van der Waals surface area contributed by atoms with Crippen molar-refractivity contribution in [2.75, 3.05) is 0 Å². The van der Waals surface area contributed by atoms with Crippen LogP contribution in [-0.4, -0.2) is 28.1 Å². The Morgan fingerprint density at radius 3 is 2.13 bits per heavy atom. The number of benzene rings is 1. The lowest BCUT2D eigenvalue weighted by Gasteiger charge is -2.37. The van der Waals surface area contributed by atoms with E-state index < -0.39 is 0 Å². The fourth-order valence-electron chi connectivity index (χ4n) is 4.74. The van der Waals surface area contributed by atoms with Gasteiger partial charge in [0.2, 0.25) is 0 Å². The Hall–Kier alpha value is -2.43. The number of aromatic hydroxyl groups is 1. The summed E-state index contributed by atoms with van der Waals surface area (Å²) >= 11 is 0. The van der Waals surface area contributed by atoms with E-state index in [-0.39, 0.29) is 41.2 Å². The summed E-state index contributed by atoms with van der Waals surface area (Å²) in [6.07, 6.45) is 6.96. The topological polar surface area (TPSA) is 70.0 Å². The van der Waals surface area contributed by atoms with Gasteiger partial charge in [0.05, 0.1) is 18.1 Å². The van der Waals surface area contributed by atoms with E-state index in [0.717, 1.165) is 17.0 Å². The van der Waals surface area contributed by atoms with Crippen molar-refractivity contribution in [1.82, 2.24) is 5.01 Å². The van der Waals surface area contributed by atoms with Crippen LogP contribution in [0.15, 0.2) is 41.5 Å². The molecule has 2 amide bonds. The fraction of sp³-hybridized carbons (Fsp3) is 0.389. The van der Waals surface area contributed by atoms with Gasteiger partial charge >= 0.3 is 0 Å². The number of imide groups is 1. The summed E-state index contributed by atoms with van der Waals surface area (Å²) in [5.41, 5.74) is 0.738. The van der Waals surface area contributed by atoms with Crippen LogP contribution in [0.4, 0.5) is 0 Å². The average molecular weight is 308 g/mol. The molecule has 5 heteroatoms. The Kier molecular flexibility index (Phi) is 2.45. The third-order valence-corrected chi connectivity index (χ3v) is 5.85. The molecule has 1 aromatic rings.